The van der Waals surface area contributed by atoms with Crippen LogP contribution in [-0.2, 0) is 14.3 Å². The number of carboxylic acid groups (broad SMARTS) is 1. The van der Waals surface area contributed by atoms with Crippen LogP contribution in [0, 0.1) is 22.7 Å². The zero-order valence-electron chi connectivity index (χ0n) is 12.5. The normalized spacial score (nSPS) is 45.4. The van der Waals surface area contributed by atoms with Gasteiger partial charge in [0.25, 0.3) is 0 Å². The Kier molecular flexibility index (Phi) is 3.17. The number of carbonyl (C=O) groups excluding carboxylic acids is 1. The van der Waals surface area contributed by atoms with Crippen LogP contribution in [-0.4, -0.2) is 34.9 Å². The Morgan fingerprint density at radius 2 is 2.24 bits per heavy atom. The highest BCUT2D eigenvalue weighted by Gasteiger charge is 2.63. The Bertz CT molecular complexity index is 525. The summed E-state index contributed by atoms with van der Waals surface area (Å²) in [5.41, 5.74) is -0.357. The van der Waals surface area contributed by atoms with Crippen molar-refractivity contribution in [3.8, 4) is 0 Å². The quantitative estimate of drug-likeness (QED) is 0.758. The first-order chi connectivity index (χ1) is 9.81. The maximum absolute atomic E-state index is 12.0. The fraction of sp³-hybridized carbons (Fsp3) is 0.750. The third-order valence-electron chi connectivity index (χ3n) is 6.21. The fourth-order valence-electron chi connectivity index (χ4n) is 4.99. The van der Waals surface area contributed by atoms with Crippen LogP contribution in [0.4, 0.5) is 0 Å². The first-order valence-corrected chi connectivity index (χ1v) is 7.59. The molecule has 0 bridgehead atoms. The summed E-state index contributed by atoms with van der Waals surface area (Å²) in [4.78, 5) is 23.4. The molecule has 5 atom stereocenters. The van der Waals surface area contributed by atoms with Gasteiger partial charge in [0.15, 0.2) is 0 Å². The molecule has 3 aliphatic rings. The molecule has 0 aromatic heterocycles. The summed E-state index contributed by atoms with van der Waals surface area (Å²) in [6, 6.07) is 0. The number of rotatable bonds is 2. The van der Waals surface area contributed by atoms with Crippen LogP contribution in [0.1, 0.15) is 39.5 Å². The Hall–Kier alpha value is -1.36. The van der Waals surface area contributed by atoms with Crippen molar-refractivity contribution in [2.45, 2.75) is 45.6 Å². The van der Waals surface area contributed by atoms with Gasteiger partial charge >= 0.3 is 11.9 Å². The standard InChI is InChI=1S/C16H22O5/c1-9-11(17)6-16-8-21-14(20)10(16)4-3-5-12(16)15(9,2)7-13(18)19/h4,9,11-12,17H,3,5-8H2,1-2H3,(H,18,19)/t9-,11-,12-,15+,16-/m1/s1. The molecule has 0 aromatic rings. The summed E-state index contributed by atoms with van der Waals surface area (Å²) < 4.78 is 5.28. The molecule has 0 unspecified atom stereocenters. The number of cyclic esters (lactones) is 1. The number of carboxylic acids is 1. The van der Waals surface area contributed by atoms with E-state index in [-0.39, 0.29) is 30.8 Å². The first kappa shape index (κ1) is 14.6. The molecule has 2 fully saturated rings. The largest absolute Gasteiger partial charge is 0.481 e. The van der Waals surface area contributed by atoms with Crippen LogP contribution >= 0.6 is 0 Å². The van der Waals surface area contributed by atoms with Gasteiger partial charge < -0.3 is 14.9 Å². The number of esters is 1. The number of aliphatic hydroxyl groups excluding tert-OH is 1. The fourth-order valence-corrected chi connectivity index (χ4v) is 4.99. The van der Waals surface area contributed by atoms with E-state index in [4.69, 9.17) is 4.74 Å². The van der Waals surface area contributed by atoms with Gasteiger partial charge in [0, 0.05) is 11.0 Å². The van der Waals surface area contributed by atoms with E-state index < -0.39 is 22.9 Å². The Morgan fingerprint density at radius 1 is 1.52 bits per heavy atom. The van der Waals surface area contributed by atoms with Crippen molar-refractivity contribution in [2.24, 2.45) is 22.7 Å². The highest BCUT2D eigenvalue weighted by molar-refractivity contribution is 5.92. The van der Waals surface area contributed by atoms with Gasteiger partial charge in [-0.2, -0.15) is 0 Å². The molecule has 21 heavy (non-hydrogen) atoms. The lowest BCUT2D eigenvalue weighted by atomic mass is 9.46. The lowest BCUT2D eigenvalue weighted by Crippen LogP contribution is -2.57. The lowest BCUT2D eigenvalue weighted by Gasteiger charge is -2.57. The second-order valence-corrected chi connectivity index (χ2v) is 7.12. The number of carbonyl (C=O) groups is 2. The van der Waals surface area contributed by atoms with Crippen molar-refractivity contribution >= 4 is 11.9 Å². The average Bonchev–Trinajstić information content (AvgIpc) is 2.73. The molecule has 1 heterocycles. The SMILES string of the molecule is C[C@@H]1[C@H](O)C[C@@]23COC(=O)C2=CCC[C@@H]3[C@@]1(C)CC(=O)O. The summed E-state index contributed by atoms with van der Waals surface area (Å²) in [5.74, 6) is -1.20. The molecular formula is C16H22O5. The average molecular weight is 294 g/mol. The molecule has 2 aliphatic carbocycles. The zero-order valence-corrected chi connectivity index (χ0v) is 12.5. The Balaban J connectivity index is 2.09. The minimum absolute atomic E-state index is 0.0130. The van der Waals surface area contributed by atoms with Gasteiger partial charge in [-0.05, 0) is 36.5 Å². The van der Waals surface area contributed by atoms with Crippen LogP contribution in [0.2, 0.25) is 0 Å². The van der Waals surface area contributed by atoms with E-state index in [0.717, 1.165) is 12.8 Å². The van der Waals surface area contributed by atoms with Crippen LogP contribution < -0.4 is 0 Å². The highest BCUT2D eigenvalue weighted by Crippen LogP contribution is 2.63. The summed E-state index contributed by atoms with van der Waals surface area (Å²) >= 11 is 0. The Morgan fingerprint density at radius 3 is 2.90 bits per heavy atom. The van der Waals surface area contributed by atoms with Crippen molar-refractivity contribution in [1.29, 1.82) is 0 Å². The van der Waals surface area contributed by atoms with Crippen molar-refractivity contribution in [3.05, 3.63) is 11.6 Å². The van der Waals surface area contributed by atoms with E-state index in [9.17, 15) is 19.8 Å². The molecule has 0 aromatic carbocycles. The molecular weight excluding hydrogens is 272 g/mol. The van der Waals surface area contributed by atoms with E-state index in [1.807, 2.05) is 19.9 Å². The summed E-state index contributed by atoms with van der Waals surface area (Å²) in [6.07, 6.45) is 3.44. The summed E-state index contributed by atoms with van der Waals surface area (Å²) in [6.45, 7) is 4.16. The monoisotopic (exact) mass is 294 g/mol. The topological polar surface area (TPSA) is 83.8 Å². The summed E-state index contributed by atoms with van der Waals surface area (Å²) in [5, 5.41) is 19.8. The number of hydrogen-bond donors (Lipinski definition) is 2. The lowest BCUT2D eigenvalue weighted by molar-refractivity contribution is -0.156. The second kappa shape index (κ2) is 4.57. The van der Waals surface area contributed by atoms with Crippen LogP contribution in [0.3, 0.4) is 0 Å². The molecule has 1 aliphatic heterocycles. The molecule has 0 amide bonds. The van der Waals surface area contributed by atoms with Gasteiger partial charge in [-0.15, -0.1) is 0 Å². The molecule has 1 saturated carbocycles. The van der Waals surface area contributed by atoms with Crippen molar-refractivity contribution in [3.63, 3.8) is 0 Å². The van der Waals surface area contributed by atoms with E-state index in [1.54, 1.807) is 0 Å². The number of allylic oxidation sites excluding steroid dienone is 1. The van der Waals surface area contributed by atoms with Crippen molar-refractivity contribution in [1.82, 2.24) is 0 Å². The second-order valence-electron chi connectivity index (χ2n) is 7.12. The van der Waals surface area contributed by atoms with E-state index in [0.29, 0.717) is 12.0 Å². The molecule has 5 nitrogen and oxygen atoms in total. The van der Waals surface area contributed by atoms with Gasteiger partial charge in [0.2, 0.25) is 0 Å². The van der Waals surface area contributed by atoms with Crippen LogP contribution in [0.25, 0.3) is 0 Å². The zero-order chi connectivity index (χ0) is 15.4. The smallest absolute Gasteiger partial charge is 0.334 e. The minimum atomic E-state index is -0.852. The van der Waals surface area contributed by atoms with E-state index in [1.165, 1.54) is 0 Å². The third-order valence-corrected chi connectivity index (χ3v) is 6.21. The molecule has 1 saturated heterocycles. The predicted molar refractivity (Wildman–Crippen MR) is 74.3 cm³/mol. The van der Waals surface area contributed by atoms with Crippen molar-refractivity contribution in [2.75, 3.05) is 6.61 Å². The minimum Gasteiger partial charge on any atom is -0.481 e. The number of hydrogen-bond acceptors (Lipinski definition) is 4. The molecule has 2 N–H and O–H groups in total. The van der Waals surface area contributed by atoms with Gasteiger partial charge in [0.1, 0.15) is 6.61 Å². The predicted octanol–water partition coefficient (Wildman–Crippen LogP) is 1.75. The molecule has 5 heteroatoms. The molecule has 1 spiro atoms. The van der Waals surface area contributed by atoms with Crippen LogP contribution in [0.5, 0.6) is 0 Å². The van der Waals surface area contributed by atoms with Crippen molar-refractivity contribution < 1.29 is 24.5 Å². The number of ether oxygens (including phenoxy) is 1. The molecule has 3 rings (SSSR count). The van der Waals surface area contributed by atoms with Gasteiger partial charge in [-0.3, -0.25) is 4.79 Å². The third kappa shape index (κ3) is 1.86. The molecule has 0 radical (unpaired) electrons. The molecule has 116 valence electrons. The Labute approximate surface area is 124 Å². The number of aliphatic carboxylic acids is 1. The highest BCUT2D eigenvalue weighted by atomic mass is 16.5. The first-order valence-electron chi connectivity index (χ1n) is 7.59. The number of aliphatic hydroxyl groups is 1. The van der Waals surface area contributed by atoms with E-state index >= 15 is 0 Å². The van der Waals surface area contributed by atoms with Gasteiger partial charge in [-0.25, -0.2) is 4.79 Å². The van der Waals surface area contributed by atoms with Crippen LogP contribution in [0.15, 0.2) is 11.6 Å². The maximum Gasteiger partial charge on any atom is 0.334 e. The van der Waals surface area contributed by atoms with Gasteiger partial charge in [-0.1, -0.05) is 19.9 Å². The maximum atomic E-state index is 12.0. The van der Waals surface area contributed by atoms with Gasteiger partial charge in [0.05, 0.1) is 12.5 Å². The van der Waals surface area contributed by atoms with E-state index in [2.05, 4.69) is 0 Å². The summed E-state index contributed by atoms with van der Waals surface area (Å²) in [7, 11) is 0.